The monoisotopic (exact) mass is 646 g/mol. The molecule has 0 bridgehead atoms. The number of rotatable bonds is 8. The van der Waals surface area contributed by atoms with E-state index in [0.29, 0.717) is 38.8 Å². The van der Waals surface area contributed by atoms with Crippen molar-refractivity contribution in [2.24, 2.45) is 0 Å². The molecule has 14 heteroatoms. The fourth-order valence-corrected chi connectivity index (χ4v) is 4.58. The lowest BCUT2D eigenvalue weighted by atomic mass is 10.2. The molecule has 44 heavy (non-hydrogen) atoms. The van der Waals surface area contributed by atoms with Gasteiger partial charge in [-0.3, -0.25) is 14.8 Å². The predicted molar refractivity (Wildman–Crippen MR) is 170 cm³/mol. The largest absolute Gasteiger partial charge is 0.411 e. The second-order valence-electron chi connectivity index (χ2n) is 9.06. The Balaban J connectivity index is 0.000000177. The molecule has 222 valence electrons. The Morgan fingerprint density at radius 2 is 1.34 bits per heavy atom. The van der Waals surface area contributed by atoms with Gasteiger partial charge in [-0.05, 0) is 73.5 Å². The zero-order valence-corrected chi connectivity index (χ0v) is 25.7. The number of carbonyl (C=O) groups excluding carboxylic acids is 1. The summed E-state index contributed by atoms with van der Waals surface area (Å²) in [7, 11) is 0. The van der Waals surface area contributed by atoms with Crippen LogP contribution in [0.25, 0.3) is 22.9 Å². The first kappa shape index (κ1) is 30.7. The molecule has 0 aliphatic heterocycles. The highest BCUT2D eigenvalue weighted by Crippen LogP contribution is 2.28. The molecule has 6 aromatic rings. The Morgan fingerprint density at radius 3 is 1.98 bits per heavy atom. The number of thioether (sulfide) groups is 1. The summed E-state index contributed by atoms with van der Waals surface area (Å²) >= 11 is 13.3. The van der Waals surface area contributed by atoms with E-state index in [1.54, 1.807) is 49.1 Å². The van der Waals surface area contributed by atoms with Crippen LogP contribution in [0, 0.1) is 13.8 Å². The molecule has 0 unspecified atom stereocenters. The van der Waals surface area contributed by atoms with Gasteiger partial charge in [-0.15, -0.1) is 15.3 Å². The Kier molecular flexibility index (Phi) is 10.2. The van der Waals surface area contributed by atoms with Crippen molar-refractivity contribution in [3.05, 3.63) is 107 Å². The van der Waals surface area contributed by atoms with Crippen LogP contribution in [0.5, 0.6) is 0 Å². The van der Waals surface area contributed by atoms with Crippen molar-refractivity contribution < 1.29 is 13.6 Å². The molecule has 0 atom stereocenters. The lowest BCUT2D eigenvalue weighted by molar-refractivity contribution is -0.113. The molecule has 4 heterocycles. The van der Waals surface area contributed by atoms with Crippen LogP contribution < -0.4 is 10.6 Å². The summed E-state index contributed by atoms with van der Waals surface area (Å²) in [6.07, 6.45) is 6.66. The van der Waals surface area contributed by atoms with E-state index >= 15 is 0 Å². The van der Waals surface area contributed by atoms with Crippen LogP contribution >= 0.6 is 35.0 Å². The predicted octanol–water partition coefficient (Wildman–Crippen LogP) is 7.66. The molecule has 0 saturated heterocycles. The molecule has 0 spiro atoms. The van der Waals surface area contributed by atoms with E-state index in [9.17, 15) is 4.79 Å². The number of hydrogen-bond donors (Lipinski definition) is 2. The van der Waals surface area contributed by atoms with Gasteiger partial charge in [0.05, 0.1) is 16.9 Å². The van der Waals surface area contributed by atoms with Crippen molar-refractivity contribution >= 4 is 58.3 Å². The minimum absolute atomic E-state index is 0.153. The van der Waals surface area contributed by atoms with Gasteiger partial charge in [-0.1, -0.05) is 52.2 Å². The molecule has 2 N–H and O–H groups in total. The molecule has 0 fully saturated rings. The maximum Gasteiger partial charge on any atom is 0.320 e. The van der Waals surface area contributed by atoms with Crippen LogP contribution in [-0.4, -0.2) is 42.0 Å². The number of halogens is 2. The van der Waals surface area contributed by atoms with Crippen LogP contribution in [0.15, 0.2) is 99.5 Å². The van der Waals surface area contributed by atoms with Crippen LogP contribution in [0.3, 0.4) is 0 Å². The van der Waals surface area contributed by atoms with Gasteiger partial charge in [-0.2, -0.15) is 0 Å². The topological polar surface area (TPSA) is 145 Å². The van der Waals surface area contributed by atoms with E-state index in [4.69, 9.17) is 32.0 Å². The van der Waals surface area contributed by atoms with Crippen molar-refractivity contribution in [3.8, 4) is 22.9 Å². The van der Waals surface area contributed by atoms with Crippen molar-refractivity contribution in [2.75, 3.05) is 16.4 Å². The molecule has 1 amide bonds. The summed E-state index contributed by atoms with van der Waals surface area (Å²) in [5.41, 5.74) is 4.78. The lowest BCUT2D eigenvalue weighted by Crippen LogP contribution is -2.14. The molecule has 0 aliphatic carbocycles. The third kappa shape index (κ3) is 7.98. The summed E-state index contributed by atoms with van der Waals surface area (Å²) in [5.74, 6) is 0.768. The van der Waals surface area contributed by atoms with Gasteiger partial charge in [0.2, 0.25) is 11.8 Å². The van der Waals surface area contributed by atoms with E-state index in [0.717, 1.165) is 27.9 Å². The Morgan fingerprint density at radius 1 is 0.750 bits per heavy atom. The molecule has 11 nitrogen and oxygen atoms in total. The van der Waals surface area contributed by atoms with E-state index < -0.39 is 0 Å². The molecule has 0 saturated carbocycles. The van der Waals surface area contributed by atoms with Crippen LogP contribution in [0.2, 0.25) is 10.0 Å². The first-order valence-corrected chi connectivity index (χ1v) is 14.8. The minimum Gasteiger partial charge on any atom is -0.411 e. The highest BCUT2D eigenvalue weighted by molar-refractivity contribution is 7.99. The van der Waals surface area contributed by atoms with E-state index in [2.05, 4.69) is 41.0 Å². The van der Waals surface area contributed by atoms with E-state index in [-0.39, 0.29) is 11.7 Å². The number of nitrogens with one attached hydrogen (secondary N) is 2. The second kappa shape index (κ2) is 14.6. The van der Waals surface area contributed by atoms with Gasteiger partial charge in [-0.25, -0.2) is 0 Å². The van der Waals surface area contributed by atoms with Gasteiger partial charge in [0.15, 0.2) is 0 Å². The molecule has 4 aromatic heterocycles. The summed E-state index contributed by atoms with van der Waals surface area (Å²) in [6, 6.07) is 18.5. The Hall–Kier alpha value is -4.78. The van der Waals surface area contributed by atoms with Crippen molar-refractivity contribution in [1.29, 1.82) is 0 Å². The SMILES string of the molecule is Cc1c(Cl)cccc1NC(=O)CSc1nnc(-c2cccnc2)o1.Cc1c(Cl)cccc1Nc1nnc(-c2cccnc2)o1. The third-order valence-corrected chi connectivity index (χ3v) is 7.66. The highest BCUT2D eigenvalue weighted by Gasteiger charge is 2.13. The van der Waals surface area contributed by atoms with Gasteiger partial charge in [0, 0.05) is 46.2 Å². The molecule has 0 radical (unpaired) electrons. The number of aromatic nitrogens is 6. The smallest absolute Gasteiger partial charge is 0.320 e. The highest BCUT2D eigenvalue weighted by atomic mass is 35.5. The fourth-order valence-electron chi connectivity index (χ4n) is 3.67. The average Bonchev–Trinajstić information content (AvgIpc) is 3.72. The first-order valence-electron chi connectivity index (χ1n) is 13.0. The molecular weight excluding hydrogens is 623 g/mol. The van der Waals surface area contributed by atoms with Crippen LogP contribution in [-0.2, 0) is 4.79 Å². The number of anilines is 3. The zero-order valence-electron chi connectivity index (χ0n) is 23.4. The summed E-state index contributed by atoms with van der Waals surface area (Å²) < 4.78 is 11.1. The van der Waals surface area contributed by atoms with Crippen LogP contribution in [0.4, 0.5) is 17.4 Å². The third-order valence-electron chi connectivity index (χ3n) is 6.03. The molecule has 2 aromatic carbocycles. The summed E-state index contributed by atoms with van der Waals surface area (Å²) in [4.78, 5) is 20.1. The fraction of sp³-hybridized carbons (Fsp3) is 0.100. The van der Waals surface area contributed by atoms with Gasteiger partial charge in [0.25, 0.3) is 11.1 Å². The summed E-state index contributed by atoms with van der Waals surface area (Å²) in [6.45, 7) is 3.77. The number of carbonyl (C=O) groups is 1. The second-order valence-corrected chi connectivity index (χ2v) is 10.8. The average molecular weight is 648 g/mol. The molecular formula is C30H24Cl2N8O3S. The van der Waals surface area contributed by atoms with E-state index in [1.807, 2.05) is 50.2 Å². The Labute approximate surface area is 266 Å². The number of pyridine rings is 2. The van der Waals surface area contributed by atoms with Gasteiger partial charge < -0.3 is 19.5 Å². The zero-order chi connectivity index (χ0) is 30.9. The quantitative estimate of drug-likeness (QED) is 0.157. The maximum absolute atomic E-state index is 12.1. The maximum atomic E-state index is 12.1. The number of hydrogen-bond acceptors (Lipinski definition) is 11. The van der Waals surface area contributed by atoms with Crippen molar-refractivity contribution in [1.82, 2.24) is 30.4 Å². The lowest BCUT2D eigenvalue weighted by Gasteiger charge is -2.08. The number of benzene rings is 2. The minimum atomic E-state index is -0.175. The van der Waals surface area contributed by atoms with Gasteiger partial charge in [0.1, 0.15) is 0 Å². The summed E-state index contributed by atoms with van der Waals surface area (Å²) in [5, 5.41) is 23.3. The molecule has 6 rings (SSSR count). The number of amides is 1. The van der Waals surface area contributed by atoms with Crippen LogP contribution in [0.1, 0.15) is 11.1 Å². The van der Waals surface area contributed by atoms with Crippen molar-refractivity contribution in [2.45, 2.75) is 19.1 Å². The van der Waals surface area contributed by atoms with Gasteiger partial charge >= 0.3 is 6.01 Å². The normalized spacial score (nSPS) is 10.5. The van der Waals surface area contributed by atoms with E-state index in [1.165, 1.54) is 11.8 Å². The first-order chi connectivity index (χ1) is 21.4. The standard InChI is InChI=1S/C16H13ClN4O2S.C14H11ClN4O/c1-10-12(17)5-2-6-13(10)19-14(22)9-24-16-21-20-15(23-16)11-4-3-7-18-8-11;1-9-11(15)5-2-6-12(9)17-14-19-18-13(20-14)10-4-3-7-16-8-10/h2-8H,9H2,1H3,(H,19,22);2-8H,1H3,(H,17,19). The number of nitrogens with zero attached hydrogens (tertiary/aromatic N) is 6. The molecule has 0 aliphatic rings. The van der Waals surface area contributed by atoms with Crippen molar-refractivity contribution in [3.63, 3.8) is 0 Å². The Bertz CT molecular complexity index is 1850.